The Morgan fingerprint density at radius 1 is 0.967 bits per heavy atom. The predicted octanol–water partition coefficient (Wildman–Crippen LogP) is 3.85. The number of nitrogens with zero attached hydrogens (tertiary/aromatic N) is 2. The summed E-state index contributed by atoms with van der Waals surface area (Å²) in [6, 6.07) is 7.31. The summed E-state index contributed by atoms with van der Waals surface area (Å²) in [5, 5.41) is 0. The molecule has 1 aromatic rings. The van der Waals surface area contributed by atoms with Crippen LogP contribution in [0.2, 0.25) is 0 Å². The highest BCUT2D eigenvalue weighted by Crippen LogP contribution is 2.31. The van der Waals surface area contributed by atoms with Gasteiger partial charge in [0, 0.05) is 13.1 Å². The average molecular weight is 419 g/mol. The first kappa shape index (κ1) is 22.2. The van der Waals surface area contributed by atoms with Crippen LogP contribution >= 0.6 is 0 Å². The average Bonchev–Trinajstić information content (AvgIpc) is 3.21. The van der Waals surface area contributed by atoms with Crippen LogP contribution in [0.5, 0.6) is 11.5 Å². The maximum absolute atomic E-state index is 13.1. The number of benzene rings is 1. The lowest BCUT2D eigenvalue weighted by atomic mass is 9.94. The van der Waals surface area contributed by atoms with Crippen molar-refractivity contribution in [3.63, 3.8) is 0 Å². The van der Waals surface area contributed by atoms with E-state index in [-0.39, 0.29) is 30.7 Å². The van der Waals surface area contributed by atoms with E-state index in [1.807, 2.05) is 42.7 Å². The molecule has 0 N–H and O–H groups in total. The van der Waals surface area contributed by atoms with Gasteiger partial charge in [-0.05, 0) is 65.0 Å². The molecule has 1 aromatic carbocycles. The molecule has 2 amide bonds. The van der Waals surface area contributed by atoms with Crippen LogP contribution in [-0.4, -0.2) is 66.3 Å². The third-order valence-corrected chi connectivity index (χ3v) is 5.66. The van der Waals surface area contributed by atoms with Crippen molar-refractivity contribution in [1.82, 2.24) is 9.80 Å². The molecule has 2 aliphatic heterocycles. The van der Waals surface area contributed by atoms with E-state index in [1.54, 1.807) is 19.2 Å². The van der Waals surface area contributed by atoms with Crippen LogP contribution in [0.25, 0.3) is 0 Å². The third kappa shape index (κ3) is 5.37. The third-order valence-electron chi connectivity index (χ3n) is 5.66. The summed E-state index contributed by atoms with van der Waals surface area (Å²) in [4.78, 5) is 29.5. The Hall–Kier alpha value is -2.44. The van der Waals surface area contributed by atoms with Crippen LogP contribution in [0.3, 0.4) is 0 Å². The SMILES string of the molecule is COc1ccccc1OCC(=O)N1CCCC[C@@H]1[C@H]1CCCN1C(=O)OC(C)(C)C. The second-order valence-electron chi connectivity index (χ2n) is 8.97. The molecule has 2 atom stereocenters. The maximum atomic E-state index is 13.1. The molecule has 0 aliphatic carbocycles. The van der Waals surface area contributed by atoms with Crippen molar-refractivity contribution in [2.45, 2.75) is 70.6 Å². The summed E-state index contributed by atoms with van der Waals surface area (Å²) >= 11 is 0. The second-order valence-corrected chi connectivity index (χ2v) is 8.97. The zero-order chi connectivity index (χ0) is 21.7. The van der Waals surface area contributed by atoms with E-state index >= 15 is 0 Å². The van der Waals surface area contributed by atoms with Gasteiger partial charge in [0.15, 0.2) is 18.1 Å². The van der Waals surface area contributed by atoms with E-state index in [2.05, 4.69) is 0 Å². The summed E-state index contributed by atoms with van der Waals surface area (Å²) in [5.41, 5.74) is -0.533. The van der Waals surface area contributed by atoms with Gasteiger partial charge < -0.3 is 24.0 Å². The van der Waals surface area contributed by atoms with E-state index < -0.39 is 5.60 Å². The van der Waals surface area contributed by atoms with Crippen molar-refractivity contribution in [3.05, 3.63) is 24.3 Å². The molecule has 2 heterocycles. The molecule has 0 saturated carbocycles. The molecular weight excluding hydrogens is 384 g/mol. The standard InChI is InChI=1S/C23H34N2O5/c1-23(2,3)30-22(27)25-15-9-11-18(25)17-10-7-8-14-24(17)21(26)16-29-20-13-6-5-12-19(20)28-4/h5-6,12-13,17-18H,7-11,14-16H2,1-4H3/t17-,18-/m1/s1. The van der Waals surface area contributed by atoms with E-state index in [0.29, 0.717) is 24.6 Å². The highest BCUT2D eigenvalue weighted by molar-refractivity contribution is 5.78. The number of methoxy groups -OCH3 is 1. The molecule has 0 bridgehead atoms. The molecular formula is C23H34N2O5. The number of hydrogen-bond acceptors (Lipinski definition) is 5. The molecule has 0 spiro atoms. The van der Waals surface area contributed by atoms with Crippen LogP contribution in [-0.2, 0) is 9.53 Å². The molecule has 7 heteroatoms. The van der Waals surface area contributed by atoms with Crippen molar-refractivity contribution < 1.29 is 23.8 Å². The predicted molar refractivity (Wildman–Crippen MR) is 114 cm³/mol. The summed E-state index contributed by atoms with van der Waals surface area (Å²) in [6.45, 7) is 6.95. The highest BCUT2D eigenvalue weighted by Gasteiger charge is 2.41. The maximum Gasteiger partial charge on any atom is 0.410 e. The largest absolute Gasteiger partial charge is 0.493 e. The Kier molecular flexibility index (Phi) is 7.10. The summed E-state index contributed by atoms with van der Waals surface area (Å²) in [5.74, 6) is 1.10. The number of rotatable bonds is 5. The lowest BCUT2D eigenvalue weighted by molar-refractivity contribution is -0.138. The molecule has 2 fully saturated rings. The Morgan fingerprint density at radius 3 is 2.30 bits per heavy atom. The lowest BCUT2D eigenvalue weighted by Gasteiger charge is -2.42. The van der Waals surface area contributed by atoms with Crippen LogP contribution in [0.1, 0.15) is 52.9 Å². The van der Waals surface area contributed by atoms with Crippen LogP contribution < -0.4 is 9.47 Å². The van der Waals surface area contributed by atoms with Crippen molar-refractivity contribution in [2.75, 3.05) is 26.8 Å². The van der Waals surface area contributed by atoms with E-state index in [9.17, 15) is 9.59 Å². The minimum atomic E-state index is -0.533. The van der Waals surface area contributed by atoms with Crippen LogP contribution in [0.15, 0.2) is 24.3 Å². The summed E-state index contributed by atoms with van der Waals surface area (Å²) < 4.78 is 16.7. The Bertz CT molecular complexity index is 745. The molecule has 7 nitrogen and oxygen atoms in total. The second kappa shape index (κ2) is 9.58. The number of para-hydroxylation sites is 2. The topological polar surface area (TPSA) is 68.3 Å². The molecule has 30 heavy (non-hydrogen) atoms. The van der Waals surface area contributed by atoms with Gasteiger partial charge in [-0.1, -0.05) is 12.1 Å². The van der Waals surface area contributed by atoms with Gasteiger partial charge in [-0.3, -0.25) is 4.79 Å². The number of hydrogen-bond donors (Lipinski definition) is 0. The molecule has 0 radical (unpaired) electrons. The van der Waals surface area contributed by atoms with Gasteiger partial charge in [0.2, 0.25) is 0 Å². The van der Waals surface area contributed by atoms with E-state index in [1.165, 1.54) is 0 Å². The van der Waals surface area contributed by atoms with Gasteiger partial charge in [-0.15, -0.1) is 0 Å². The zero-order valence-corrected chi connectivity index (χ0v) is 18.6. The number of ether oxygens (including phenoxy) is 3. The fraction of sp³-hybridized carbons (Fsp3) is 0.652. The normalized spacial score (nSPS) is 22.0. The van der Waals surface area contributed by atoms with E-state index in [0.717, 1.165) is 32.1 Å². The number of amides is 2. The number of likely N-dealkylation sites (tertiary alicyclic amines) is 2. The molecule has 2 aliphatic rings. The van der Waals surface area contributed by atoms with Crippen molar-refractivity contribution >= 4 is 12.0 Å². The van der Waals surface area contributed by atoms with Crippen LogP contribution in [0, 0.1) is 0 Å². The molecule has 2 saturated heterocycles. The first-order valence-electron chi connectivity index (χ1n) is 10.8. The minimum Gasteiger partial charge on any atom is -0.493 e. The number of piperidine rings is 1. The smallest absolute Gasteiger partial charge is 0.410 e. The fourth-order valence-electron chi connectivity index (χ4n) is 4.37. The Labute approximate surface area is 179 Å². The fourth-order valence-corrected chi connectivity index (χ4v) is 4.37. The molecule has 3 rings (SSSR count). The first-order chi connectivity index (χ1) is 14.3. The summed E-state index contributed by atoms with van der Waals surface area (Å²) in [6.07, 6.45) is 4.45. The molecule has 0 aromatic heterocycles. The number of carbonyl (C=O) groups is 2. The van der Waals surface area contributed by atoms with Gasteiger partial charge in [0.1, 0.15) is 5.60 Å². The van der Waals surface area contributed by atoms with Gasteiger partial charge in [-0.2, -0.15) is 0 Å². The van der Waals surface area contributed by atoms with Gasteiger partial charge in [0.25, 0.3) is 5.91 Å². The van der Waals surface area contributed by atoms with Crippen LogP contribution in [0.4, 0.5) is 4.79 Å². The highest BCUT2D eigenvalue weighted by atomic mass is 16.6. The lowest BCUT2D eigenvalue weighted by Crippen LogP contribution is -2.56. The van der Waals surface area contributed by atoms with E-state index in [4.69, 9.17) is 14.2 Å². The Balaban J connectivity index is 1.67. The minimum absolute atomic E-state index is 0.00235. The number of carbonyl (C=O) groups excluding carboxylic acids is 2. The van der Waals surface area contributed by atoms with Crippen molar-refractivity contribution in [2.24, 2.45) is 0 Å². The zero-order valence-electron chi connectivity index (χ0n) is 18.6. The monoisotopic (exact) mass is 418 g/mol. The Morgan fingerprint density at radius 2 is 1.60 bits per heavy atom. The van der Waals surface area contributed by atoms with Gasteiger partial charge >= 0.3 is 6.09 Å². The summed E-state index contributed by atoms with van der Waals surface area (Å²) in [7, 11) is 1.58. The van der Waals surface area contributed by atoms with Gasteiger partial charge in [0.05, 0.1) is 19.2 Å². The molecule has 0 unspecified atom stereocenters. The molecule has 166 valence electrons. The van der Waals surface area contributed by atoms with Crippen molar-refractivity contribution in [1.29, 1.82) is 0 Å². The van der Waals surface area contributed by atoms with Gasteiger partial charge in [-0.25, -0.2) is 4.79 Å². The van der Waals surface area contributed by atoms with Crippen molar-refractivity contribution in [3.8, 4) is 11.5 Å². The quantitative estimate of drug-likeness (QED) is 0.726. The first-order valence-corrected chi connectivity index (χ1v) is 10.8.